The molecule has 2 fully saturated rings. The Balaban J connectivity index is 1.41. The van der Waals surface area contributed by atoms with Crippen LogP contribution in [0.2, 0.25) is 0 Å². The minimum atomic E-state index is -0.993. The average Bonchev–Trinajstić information content (AvgIpc) is 3.28. The Morgan fingerprint density at radius 2 is 2.00 bits per heavy atom. The summed E-state index contributed by atoms with van der Waals surface area (Å²) in [5.41, 5.74) is 0.170. The first kappa shape index (κ1) is 24.6. The minimum absolute atomic E-state index is 0.0580. The van der Waals surface area contributed by atoms with Crippen LogP contribution in [0, 0.1) is 17.2 Å². The number of carbonyl (C=O) groups is 2. The molecule has 4 rings (SSSR count). The first-order chi connectivity index (χ1) is 17.0. The Morgan fingerprint density at radius 3 is 2.71 bits per heavy atom. The molecule has 2 aromatic rings. The van der Waals surface area contributed by atoms with Crippen molar-refractivity contribution in [2.24, 2.45) is 5.92 Å². The van der Waals surface area contributed by atoms with E-state index in [2.05, 4.69) is 43.7 Å². The second-order valence-electron chi connectivity index (χ2n) is 9.50. The fourth-order valence-electron chi connectivity index (χ4n) is 5.00. The van der Waals surface area contributed by atoms with E-state index in [0.717, 1.165) is 31.2 Å². The molecule has 1 saturated carbocycles. The van der Waals surface area contributed by atoms with Gasteiger partial charge in [0.05, 0.1) is 12.3 Å². The number of likely N-dealkylation sites (tertiary alicyclic amines) is 1. The van der Waals surface area contributed by atoms with E-state index in [4.69, 9.17) is 4.74 Å². The van der Waals surface area contributed by atoms with Gasteiger partial charge in [0.2, 0.25) is 11.8 Å². The van der Waals surface area contributed by atoms with E-state index in [0.29, 0.717) is 38.4 Å². The summed E-state index contributed by atoms with van der Waals surface area (Å²) in [7, 11) is 0. The second-order valence-corrected chi connectivity index (χ2v) is 9.50. The molecule has 1 aliphatic carbocycles. The fraction of sp³-hybridized carbons (Fsp3) is 0.500. The lowest BCUT2D eigenvalue weighted by atomic mass is 9.84. The lowest BCUT2D eigenvalue weighted by molar-refractivity contribution is -0.124. The zero-order chi connectivity index (χ0) is 24.5. The minimum Gasteiger partial charge on any atom is -0.390 e. The van der Waals surface area contributed by atoms with E-state index in [-0.39, 0.29) is 11.8 Å². The molecule has 2 unspecified atom stereocenters. The van der Waals surface area contributed by atoms with Gasteiger partial charge in [-0.25, -0.2) is 9.78 Å². The van der Waals surface area contributed by atoms with E-state index in [1.807, 2.05) is 18.2 Å². The third kappa shape index (κ3) is 6.99. The predicted octanol–water partition coefficient (Wildman–Crippen LogP) is 3.19. The molecule has 184 valence electrons. The first-order valence-electron chi connectivity index (χ1n) is 12.3. The normalized spacial score (nSPS) is 21.6. The van der Waals surface area contributed by atoms with E-state index in [9.17, 15) is 14.9 Å². The van der Waals surface area contributed by atoms with Crippen molar-refractivity contribution in [2.75, 3.05) is 13.1 Å². The van der Waals surface area contributed by atoms with Crippen molar-refractivity contribution in [3.63, 3.8) is 0 Å². The summed E-state index contributed by atoms with van der Waals surface area (Å²) < 4.78 is 5.21. The number of carbonyl (C=O) groups excluding carboxylic acids is 2. The smallest absolute Gasteiger partial charge is 0.390 e. The molecule has 1 aliphatic heterocycles. The van der Waals surface area contributed by atoms with Crippen molar-refractivity contribution in [3.05, 3.63) is 54.5 Å². The van der Waals surface area contributed by atoms with Gasteiger partial charge in [-0.1, -0.05) is 62.4 Å². The van der Waals surface area contributed by atoms with Crippen LogP contribution in [0.5, 0.6) is 5.88 Å². The quantitative estimate of drug-likeness (QED) is 0.600. The largest absolute Gasteiger partial charge is 0.414 e. The second kappa shape index (κ2) is 11.8. The zero-order valence-electron chi connectivity index (χ0n) is 19.9. The number of hydrogen-bond acceptors (Lipinski definition) is 7. The van der Waals surface area contributed by atoms with Gasteiger partial charge in [-0.05, 0) is 24.3 Å². The molecular weight excluding hydrogens is 444 g/mol. The molecule has 2 amide bonds. The molecule has 9 heteroatoms. The summed E-state index contributed by atoms with van der Waals surface area (Å²) in [5.74, 6) is 0.0463. The number of ether oxygens (including phenoxy) is 1. The van der Waals surface area contributed by atoms with Crippen molar-refractivity contribution >= 4 is 12.0 Å². The number of amides is 2. The average molecular weight is 477 g/mol. The highest BCUT2D eigenvalue weighted by Crippen LogP contribution is 2.28. The van der Waals surface area contributed by atoms with Crippen LogP contribution in [-0.2, 0) is 11.3 Å². The van der Waals surface area contributed by atoms with Gasteiger partial charge in [0.1, 0.15) is 11.6 Å². The third-order valence-electron chi connectivity index (χ3n) is 6.81. The summed E-state index contributed by atoms with van der Waals surface area (Å²) in [5, 5.41) is 15.7. The molecule has 9 nitrogen and oxygen atoms in total. The number of benzene rings is 1. The van der Waals surface area contributed by atoms with Crippen LogP contribution in [0.15, 0.2) is 48.9 Å². The van der Waals surface area contributed by atoms with Crippen LogP contribution in [0.1, 0.15) is 50.5 Å². The number of aromatic nitrogens is 2. The number of rotatable bonds is 8. The van der Waals surface area contributed by atoms with Gasteiger partial charge in [-0.3, -0.25) is 14.7 Å². The fourth-order valence-corrected chi connectivity index (χ4v) is 5.00. The molecule has 0 spiro atoms. The van der Waals surface area contributed by atoms with Gasteiger partial charge < -0.3 is 15.4 Å². The molecule has 1 aromatic heterocycles. The summed E-state index contributed by atoms with van der Waals surface area (Å²) >= 11 is 0. The maximum Gasteiger partial charge on any atom is 0.414 e. The van der Waals surface area contributed by atoms with Crippen LogP contribution < -0.4 is 15.4 Å². The molecule has 2 atom stereocenters. The van der Waals surface area contributed by atoms with E-state index in [1.54, 1.807) is 0 Å². The Bertz CT molecular complexity index is 1020. The van der Waals surface area contributed by atoms with Crippen LogP contribution in [-0.4, -0.2) is 51.5 Å². The number of nitrogens with one attached hydrogen (secondary N) is 2. The van der Waals surface area contributed by atoms with Gasteiger partial charge >= 0.3 is 6.09 Å². The van der Waals surface area contributed by atoms with Crippen molar-refractivity contribution in [2.45, 2.75) is 63.1 Å². The van der Waals surface area contributed by atoms with Crippen LogP contribution >= 0.6 is 0 Å². The predicted molar refractivity (Wildman–Crippen MR) is 129 cm³/mol. The molecular formula is C26H32N6O3. The molecule has 1 aromatic carbocycles. The van der Waals surface area contributed by atoms with Crippen LogP contribution in [0.3, 0.4) is 0 Å². The number of nitriles is 1. The highest BCUT2D eigenvalue weighted by molar-refractivity contribution is 5.87. The van der Waals surface area contributed by atoms with Gasteiger partial charge in [0.25, 0.3) is 0 Å². The van der Waals surface area contributed by atoms with Gasteiger partial charge in [-0.15, -0.1) is 0 Å². The zero-order valence-corrected chi connectivity index (χ0v) is 19.9. The molecule has 1 saturated heterocycles. The van der Waals surface area contributed by atoms with E-state index in [1.165, 1.54) is 25.0 Å². The Morgan fingerprint density at radius 1 is 1.20 bits per heavy atom. The maximum absolute atomic E-state index is 13.4. The number of hydrogen-bond donors (Lipinski definition) is 2. The lowest BCUT2D eigenvalue weighted by Crippen LogP contribution is -2.56. The van der Waals surface area contributed by atoms with Gasteiger partial charge in [0, 0.05) is 32.0 Å². The van der Waals surface area contributed by atoms with Gasteiger partial charge in [-0.2, -0.15) is 5.26 Å². The van der Waals surface area contributed by atoms with Crippen molar-refractivity contribution in [1.82, 2.24) is 25.5 Å². The highest BCUT2D eigenvalue weighted by Gasteiger charge is 2.41. The molecule has 35 heavy (non-hydrogen) atoms. The SMILES string of the molecule is N#CC1(NC(=O)C(CC2CCCCC2)NC(=O)Oc2cnccn2)CCN(Cc2ccccc2)C1. The maximum atomic E-state index is 13.4. The molecule has 0 bridgehead atoms. The summed E-state index contributed by atoms with van der Waals surface area (Å²) in [6.07, 6.45) is 10.0. The molecule has 2 heterocycles. The summed E-state index contributed by atoms with van der Waals surface area (Å²) in [6, 6.07) is 11.6. The summed E-state index contributed by atoms with van der Waals surface area (Å²) in [4.78, 5) is 36.0. The first-order valence-corrected chi connectivity index (χ1v) is 12.3. The Kier molecular flexibility index (Phi) is 8.27. The topological polar surface area (TPSA) is 120 Å². The van der Waals surface area contributed by atoms with E-state index < -0.39 is 17.7 Å². The monoisotopic (exact) mass is 476 g/mol. The Hall–Kier alpha value is -3.51. The highest BCUT2D eigenvalue weighted by atomic mass is 16.6. The molecule has 2 N–H and O–H groups in total. The third-order valence-corrected chi connectivity index (χ3v) is 6.81. The standard InChI is InChI=1S/C26H32N6O3/c27-18-26(11-14-32(19-26)17-21-9-5-2-6-10-21)31-24(33)22(15-20-7-3-1-4-8-20)30-25(34)35-23-16-28-12-13-29-23/h2,5-6,9-10,12-13,16,20,22H,1,3-4,7-8,11,14-15,17,19H2,(H,30,34)(H,31,33). The number of nitrogens with zero attached hydrogens (tertiary/aromatic N) is 4. The van der Waals surface area contributed by atoms with Crippen molar-refractivity contribution in [1.29, 1.82) is 5.26 Å². The van der Waals surface area contributed by atoms with Gasteiger partial charge in [0.15, 0.2) is 0 Å². The van der Waals surface area contributed by atoms with Crippen LogP contribution in [0.4, 0.5) is 4.79 Å². The van der Waals surface area contributed by atoms with Crippen LogP contribution in [0.25, 0.3) is 0 Å². The Labute approximate surface area is 205 Å². The summed E-state index contributed by atoms with van der Waals surface area (Å²) in [6.45, 7) is 1.86. The van der Waals surface area contributed by atoms with Crippen molar-refractivity contribution in [3.8, 4) is 11.9 Å². The van der Waals surface area contributed by atoms with E-state index >= 15 is 0 Å². The molecule has 2 aliphatic rings. The lowest BCUT2D eigenvalue weighted by Gasteiger charge is -2.29. The molecule has 0 radical (unpaired) electrons. The van der Waals surface area contributed by atoms with Crippen molar-refractivity contribution < 1.29 is 14.3 Å².